The molecule has 0 saturated heterocycles. The van der Waals surface area contributed by atoms with E-state index in [1.165, 1.54) is 0 Å². The molecule has 2 nitrogen and oxygen atoms in total. The number of aliphatic hydroxyl groups excluding tert-OH is 1. The van der Waals surface area contributed by atoms with Gasteiger partial charge in [-0.25, -0.2) is 0 Å². The number of aryl methyl sites for hydroxylation is 1. The number of pyridine rings is 1. The number of hydrogen-bond donors (Lipinski definition) is 1. The summed E-state index contributed by atoms with van der Waals surface area (Å²) in [5.74, 6) is 0. The zero-order valence-electron chi connectivity index (χ0n) is 8.77. The van der Waals surface area contributed by atoms with Gasteiger partial charge in [0.2, 0.25) is 0 Å². The maximum Gasteiger partial charge on any atom is 0.0727 e. The zero-order chi connectivity index (χ0) is 10.4. The number of hydrogen-bond acceptors (Lipinski definition) is 2. The topological polar surface area (TPSA) is 33.1 Å². The fraction of sp³-hybridized carbons (Fsp3) is 0.417. The molecule has 0 aromatic carbocycles. The van der Waals surface area contributed by atoms with E-state index in [9.17, 15) is 5.11 Å². The molecule has 1 unspecified atom stereocenters. The van der Waals surface area contributed by atoms with Gasteiger partial charge in [-0.1, -0.05) is 17.7 Å². The molecular formula is C12H17NO. The smallest absolute Gasteiger partial charge is 0.0727 e. The molecule has 0 radical (unpaired) electrons. The molecule has 1 heterocycles. The van der Waals surface area contributed by atoms with Crippen molar-refractivity contribution in [2.75, 3.05) is 0 Å². The number of aromatic nitrogens is 1. The van der Waals surface area contributed by atoms with Gasteiger partial charge in [0.05, 0.1) is 6.10 Å². The maximum atomic E-state index is 9.58. The largest absolute Gasteiger partial charge is 0.389 e. The molecule has 1 atom stereocenters. The van der Waals surface area contributed by atoms with Crippen molar-refractivity contribution in [2.45, 2.75) is 32.8 Å². The van der Waals surface area contributed by atoms with E-state index in [2.05, 4.69) is 4.98 Å². The van der Waals surface area contributed by atoms with Crippen LogP contribution in [0.5, 0.6) is 0 Å². The predicted octanol–water partition coefficient (Wildman–Crippen LogP) is 2.34. The van der Waals surface area contributed by atoms with Crippen LogP contribution in [0.4, 0.5) is 0 Å². The van der Waals surface area contributed by atoms with Crippen LogP contribution in [0.15, 0.2) is 36.0 Å². The fourth-order valence-corrected chi connectivity index (χ4v) is 1.31. The Morgan fingerprint density at radius 3 is 2.86 bits per heavy atom. The summed E-state index contributed by atoms with van der Waals surface area (Å²) >= 11 is 0. The van der Waals surface area contributed by atoms with E-state index in [0.717, 1.165) is 24.1 Å². The zero-order valence-corrected chi connectivity index (χ0v) is 8.77. The summed E-state index contributed by atoms with van der Waals surface area (Å²) in [7, 11) is 0. The molecule has 1 rings (SSSR count). The second-order valence-corrected chi connectivity index (χ2v) is 3.67. The highest BCUT2D eigenvalue weighted by Gasteiger charge is 2.00. The maximum absolute atomic E-state index is 9.58. The lowest BCUT2D eigenvalue weighted by Crippen LogP contribution is -2.05. The minimum atomic E-state index is -0.345. The average molecular weight is 191 g/mol. The third-order valence-corrected chi connectivity index (χ3v) is 1.95. The van der Waals surface area contributed by atoms with E-state index in [4.69, 9.17) is 0 Å². The third-order valence-electron chi connectivity index (χ3n) is 1.95. The minimum absolute atomic E-state index is 0.345. The SMILES string of the molecule is CC(C)=CC(O)CCc1ccccn1. The summed E-state index contributed by atoms with van der Waals surface area (Å²) in [6.07, 6.45) is 4.88. The molecular weight excluding hydrogens is 174 g/mol. The molecule has 0 amide bonds. The van der Waals surface area contributed by atoms with Crippen LogP contribution >= 0.6 is 0 Å². The van der Waals surface area contributed by atoms with Crippen LogP contribution < -0.4 is 0 Å². The quantitative estimate of drug-likeness (QED) is 0.741. The lowest BCUT2D eigenvalue weighted by atomic mass is 10.1. The molecule has 1 aromatic rings. The molecule has 0 aliphatic heterocycles. The summed E-state index contributed by atoms with van der Waals surface area (Å²) in [5, 5.41) is 9.58. The first-order valence-corrected chi connectivity index (χ1v) is 4.91. The summed E-state index contributed by atoms with van der Waals surface area (Å²) in [6.45, 7) is 3.98. The van der Waals surface area contributed by atoms with Gasteiger partial charge in [-0.05, 0) is 38.8 Å². The highest BCUT2D eigenvalue weighted by Crippen LogP contribution is 2.04. The number of allylic oxidation sites excluding steroid dienone is 1. The van der Waals surface area contributed by atoms with Crippen LogP contribution in [0.3, 0.4) is 0 Å². The lowest BCUT2D eigenvalue weighted by molar-refractivity contribution is 0.212. The fourth-order valence-electron chi connectivity index (χ4n) is 1.31. The lowest BCUT2D eigenvalue weighted by Gasteiger charge is -2.05. The van der Waals surface area contributed by atoms with Crippen molar-refractivity contribution in [3.05, 3.63) is 41.7 Å². The van der Waals surface area contributed by atoms with Crippen LogP contribution in [-0.4, -0.2) is 16.2 Å². The predicted molar refractivity (Wildman–Crippen MR) is 58.0 cm³/mol. The highest BCUT2D eigenvalue weighted by atomic mass is 16.3. The van der Waals surface area contributed by atoms with Crippen LogP contribution in [0.1, 0.15) is 26.0 Å². The first-order valence-electron chi connectivity index (χ1n) is 4.91. The average Bonchev–Trinajstić information content (AvgIpc) is 2.15. The Morgan fingerprint density at radius 1 is 1.50 bits per heavy atom. The van der Waals surface area contributed by atoms with Gasteiger partial charge in [0.25, 0.3) is 0 Å². The molecule has 14 heavy (non-hydrogen) atoms. The molecule has 2 heteroatoms. The minimum Gasteiger partial charge on any atom is -0.389 e. The van der Waals surface area contributed by atoms with Crippen LogP contribution in [0, 0.1) is 0 Å². The molecule has 0 bridgehead atoms. The van der Waals surface area contributed by atoms with E-state index in [-0.39, 0.29) is 6.10 Å². The molecule has 1 N–H and O–H groups in total. The third kappa shape index (κ3) is 4.19. The normalized spacial score (nSPS) is 12.2. The highest BCUT2D eigenvalue weighted by molar-refractivity contribution is 5.05. The molecule has 0 aliphatic rings. The molecule has 0 fully saturated rings. The van der Waals surface area contributed by atoms with Crippen LogP contribution in [-0.2, 0) is 6.42 Å². The Hall–Kier alpha value is -1.15. The van der Waals surface area contributed by atoms with Crippen molar-refractivity contribution < 1.29 is 5.11 Å². The Balaban J connectivity index is 2.38. The Labute approximate surface area is 85.3 Å². The van der Waals surface area contributed by atoms with E-state index in [0.29, 0.717) is 0 Å². The van der Waals surface area contributed by atoms with Crippen LogP contribution in [0.2, 0.25) is 0 Å². The molecule has 0 aliphatic carbocycles. The second-order valence-electron chi connectivity index (χ2n) is 3.67. The Kier molecular flexibility index (Phi) is 4.33. The Morgan fingerprint density at radius 2 is 2.29 bits per heavy atom. The summed E-state index contributed by atoms with van der Waals surface area (Å²) < 4.78 is 0. The number of rotatable bonds is 4. The standard InChI is InChI=1S/C12H17NO/c1-10(2)9-12(14)7-6-11-5-3-4-8-13-11/h3-5,8-9,12,14H,6-7H2,1-2H3. The molecule has 76 valence electrons. The van der Waals surface area contributed by atoms with Gasteiger partial charge in [0.1, 0.15) is 0 Å². The van der Waals surface area contributed by atoms with Gasteiger partial charge < -0.3 is 5.11 Å². The van der Waals surface area contributed by atoms with Gasteiger partial charge in [-0.3, -0.25) is 4.98 Å². The van der Waals surface area contributed by atoms with E-state index >= 15 is 0 Å². The van der Waals surface area contributed by atoms with Gasteiger partial charge >= 0.3 is 0 Å². The van der Waals surface area contributed by atoms with Crippen molar-refractivity contribution in [1.82, 2.24) is 4.98 Å². The first-order chi connectivity index (χ1) is 6.68. The van der Waals surface area contributed by atoms with E-state index in [1.807, 2.05) is 38.1 Å². The van der Waals surface area contributed by atoms with E-state index < -0.39 is 0 Å². The number of nitrogens with zero attached hydrogens (tertiary/aromatic N) is 1. The molecule has 0 saturated carbocycles. The van der Waals surface area contributed by atoms with Gasteiger partial charge in [-0.15, -0.1) is 0 Å². The van der Waals surface area contributed by atoms with Crippen molar-refractivity contribution in [3.8, 4) is 0 Å². The Bertz CT molecular complexity index is 288. The molecule has 0 spiro atoms. The van der Waals surface area contributed by atoms with Gasteiger partial charge in [-0.2, -0.15) is 0 Å². The van der Waals surface area contributed by atoms with E-state index in [1.54, 1.807) is 6.20 Å². The van der Waals surface area contributed by atoms with Crippen molar-refractivity contribution in [3.63, 3.8) is 0 Å². The number of aliphatic hydroxyl groups is 1. The first kappa shape index (κ1) is 10.9. The second kappa shape index (κ2) is 5.55. The van der Waals surface area contributed by atoms with Crippen molar-refractivity contribution >= 4 is 0 Å². The summed E-state index contributed by atoms with van der Waals surface area (Å²) in [5.41, 5.74) is 2.19. The van der Waals surface area contributed by atoms with Gasteiger partial charge in [0.15, 0.2) is 0 Å². The summed E-state index contributed by atoms with van der Waals surface area (Å²) in [6, 6.07) is 5.85. The van der Waals surface area contributed by atoms with Crippen LogP contribution in [0.25, 0.3) is 0 Å². The van der Waals surface area contributed by atoms with Crippen molar-refractivity contribution in [2.24, 2.45) is 0 Å². The summed E-state index contributed by atoms with van der Waals surface area (Å²) in [4.78, 5) is 4.20. The van der Waals surface area contributed by atoms with Crippen molar-refractivity contribution in [1.29, 1.82) is 0 Å². The monoisotopic (exact) mass is 191 g/mol. The molecule has 1 aromatic heterocycles. The van der Waals surface area contributed by atoms with Gasteiger partial charge in [0, 0.05) is 11.9 Å².